The zero-order valence-corrected chi connectivity index (χ0v) is 38.5. The second-order valence-electron chi connectivity index (χ2n) is 16.8. The number of hydrogen-bond acceptors (Lipinski definition) is 7. The van der Waals surface area contributed by atoms with Gasteiger partial charge in [0.15, 0.2) is 0 Å². The number of rotatable bonds is 47. The third-order valence-electron chi connectivity index (χ3n) is 11.0. The van der Waals surface area contributed by atoms with E-state index in [2.05, 4.69) is 19.2 Å². The van der Waals surface area contributed by atoms with Gasteiger partial charge < -0.3 is 20.1 Å². The van der Waals surface area contributed by atoms with Crippen molar-refractivity contribution in [3.8, 4) is 0 Å². The molecule has 0 saturated carbocycles. The number of esters is 1. The molecule has 0 aliphatic heterocycles. The van der Waals surface area contributed by atoms with Crippen LogP contribution in [0.4, 0.5) is 0 Å². The van der Waals surface area contributed by atoms with Gasteiger partial charge in [-0.15, -0.1) is 0 Å². The molecule has 340 valence electrons. The predicted octanol–water partition coefficient (Wildman–Crippen LogP) is 14.0. The van der Waals surface area contributed by atoms with E-state index < -0.39 is 26.5 Å². The molecule has 1 amide bonds. The summed E-state index contributed by atoms with van der Waals surface area (Å²) in [6.07, 6.45) is 46.1. The lowest BCUT2D eigenvalue weighted by atomic mass is 10.0. The summed E-state index contributed by atoms with van der Waals surface area (Å²) < 4.78 is 27.0. The number of unbranched alkanes of at least 4 members (excludes halogenated alkanes) is 34. The lowest BCUT2D eigenvalue weighted by molar-refractivity contribution is -0.147. The molecule has 2 atom stereocenters. The Bertz CT molecular complexity index is 907. The van der Waals surface area contributed by atoms with Gasteiger partial charge in [-0.3, -0.25) is 18.6 Å². The zero-order valence-electron chi connectivity index (χ0n) is 37.6. The summed E-state index contributed by atoms with van der Waals surface area (Å²) >= 11 is 0. The molecule has 0 spiro atoms. The molecule has 0 fully saturated rings. The molecule has 0 rings (SSSR count). The fraction of sp³-hybridized carbons (Fsp3) is 0.957. The van der Waals surface area contributed by atoms with E-state index in [0.29, 0.717) is 12.8 Å². The lowest BCUT2D eigenvalue weighted by Crippen LogP contribution is -2.27. The van der Waals surface area contributed by atoms with Crippen molar-refractivity contribution < 1.29 is 37.9 Å². The van der Waals surface area contributed by atoms with Crippen LogP contribution in [0.15, 0.2) is 0 Å². The van der Waals surface area contributed by atoms with Crippen LogP contribution >= 0.6 is 7.82 Å². The molecule has 0 heterocycles. The van der Waals surface area contributed by atoms with Gasteiger partial charge in [-0.1, -0.05) is 232 Å². The topological polar surface area (TPSA) is 131 Å². The average Bonchev–Trinajstić information content (AvgIpc) is 3.20. The Morgan fingerprint density at radius 2 is 0.789 bits per heavy atom. The molecular weight excluding hydrogens is 737 g/mol. The molecular formula is C47H94NO8P. The number of aliphatic hydroxyl groups is 1. The molecule has 2 unspecified atom stereocenters. The Morgan fingerprint density at radius 3 is 1.14 bits per heavy atom. The average molecular weight is 832 g/mol. The third-order valence-corrected chi connectivity index (χ3v) is 12.0. The molecule has 0 bridgehead atoms. The number of phosphoric ester groups is 1. The van der Waals surface area contributed by atoms with E-state index in [1.54, 1.807) is 0 Å². The minimum absolute atomic E-state index is 0.0886. The maximum Gasteiger partial charge on any atom is 0.472 e. The van der Waals surface area contributed by atoms with E-state index in [4.69, 9.17) is 13.8 Å². The number of ether oxygens (including phenoxy) is 1. The second kappa shape index (κ2) is 44.6. The first-order chi connectivity index (χ1) is 27.8. The van der Waals surface area contributed by atoms with E-state index in [1.165, 1.54) is 193 Å². The van der Waals surface area contributed by atoms with Crippen LogP contribution in [0.2, 0.25) is 0 Å². The molecule has 0 aromatic carbocycles. The van der Waals surface area contributed by atoms with Crippen molar-refractivity contribution in [2.45, 2.75) is 264 Å². The van der Waals surface area contributed by atoms with Gasteiger partial charge >= 0.3 is 13.8 Å². The first-order valence-electron chi connectivity index (χ1n) is 24.5. The van der Waals surface area contributed by atoms with Crippen LogP contribution in [0.5, 0.6) is 0 Å². The van der Waals surface area contributed by atoms with Crippen molar-refractivity contribution in [3.63, 3.8) is 0 Å². The van der Waals surface area contributed by atoms with Crippen molar-refractivity contribution in [2.75, 3.05) is 26.4 Å². The van der Waals surface area contributed by atoms with E-state index >= 15 is 0 Å². The highest BCUT2D eigenvalue weighted by Crippen LogP contribution is 2.42. The van der Waals surface area contributed by atoms with Crippen LogP contribution in [0.1, 0.15) is 258 Å². The van der Waals surface area contributed by atoms with Gasteiger partial charge in [-0.05, 0) is 12.8 Å². The fourth-order valence-electron chi connectivity index (χ4n) is 7.32. The van der Waals surface area contributed by atoms with Gasteiger partial charge in [0.05, 0.1) is 13.2 Å². The van der Waals surface area contributed by atoms with Crippen molar-refractivity contribution in [3.05, 3.63) is 0 Å². The highest BCUT2D eigenvalue weighted by molar-refractivity contribution is 7.47. The summed E-state index contributed by atoms with van der Waals surface area (Å²) in [5.41, 5.74) is 0. The summed E-state index contributed by atoms with van der Waals surface area (Å²) in [5, 5.41) is 12.7. The molecule has 0 aromatic heterocycles. The van der Waals surface area contributed by atoms with Crippen LogP contribution in [0.3, 0.4) is 0 Å². The first kappa shape index (κ1) is 56.0. The number of aliphatic hydroxyl groups excluding tert-OH is 1. The molecule has 0 aliphatic rings. The second-order valence-corrected chi connectivity index (χ2v) is 18.3. The monoisotopic (exact) mass is 832 g/mol. The highest BCUT2D eigenvalue weighted by atomic mass is 31.2. The van der Waals surface area contributed by atoms with Gasteiger partial charge in [-0.25, -0.2) is 4.57 Å². The van der Waals surface area contributed by atoms with E-state index in [-0.39, 0.29) is 25.7 Å². The van der Waals surface area contributed by atoms with Crippen LogP contribution < -0.4 is 5.32 Å². The Labute approximate surface area is 352 Å². The zero-order chi connectivity index (χ0) is 41.8. The molecule has 57 heavy (non-hydrogen) atoms. The normalized spacial score (nSPS) is 13.1. The van der Waals surface area contributed by atoms with Crippen molar-refractivity contribution in [1.82, 2.24) is 5.32 Å². The summed E-state index contributed by atoms with van der Waals surface area (Å²) in [7, 11) is -4.41. The number of carbonyl (C=O) groups excluding carboxylic acids is 2. The smallest absolute Gasteiger partial charge is 0.463 e. The maximum atomic E-state index is 12.1. The van der Waals surface area contributed by atoms with Crippen molar-refractivity contribution in [1.29, 1.82) is 0 Å². The molecule has 0 aromatic rings. The van der Waals surface area contributed by atoms with Crippen molar-refractivity contribution >= 4 is 19.7 Å². The summed E-state index contributed by atoms with van der Waals surface area (Å²) in [4.78, 5) is 34.0. The highest BCUT2D eigenvalue weighted by Gasteiger charge is 2.23. The summed E-state index contributed by atoms with van der Waals surface area (Å²) in [6.45, 7) is 3.62. The molecule has 3 N–H and O–H groups in total. The number of phosphoric acid groups is 1. The van der Waals surface area contributed by atoms with Gasteiger partial charge in [-0.2, -0.15) is 0 Å². The minimum atomic E-state index is -4.41. The first-order valence-corrected chi connectivity index (χ1v) is 26.0. The Hall–Kier alpha value is -0.990. The lowest BCUT2D eigenvalue weighted by Gasteiger charge is -2.15. The van der Waals surface area contributed by atoms with E-state index in [0.717, 1.165) is 38.5 Å². The Balaban J connectivity index is 3.51. The van der Waals surface area contributed by atoms with Crippen molar-refractivity contribution in [2.24, 2.45) is 0 Å². The van der Waals surface area contributed by atoms with E-state index in [1.807, 2.05) is 0 Å². The minimum Gasteiger partial charge on any atom is -0.463 e. The number of carbonyl (C=O) groups is 2. The van der Waals surface area contributed by atoms with Crippen LogP contribution in [0.25, 0.3) is 0 Å². The summed E-state index contributed by atoms with van der Waals surface area (Å²) in [6, 6.07) is 0. The molecule has 9 nitrogen and oxygen atoms in total. The standard InChI is InChI=1S/C47H94NO8P/c1-3-5-7-9-11-13-15-17-19-21-22-24-26-28-30-32-34-36-38-40-47(51)54-43-45(49)44-56-57(52,53)55-42-41-48-46(50)39-37-35-33-31-29-27-25-23-20-18-16-14-12-10-8-6-4-2/h45,49H,3-44H2,1-2H3,(H,48,50)(H,52,53). The molecule has 0 saturated heterocycles. The third kappa shape index (κ3) is 45.9. The number of hydrogen-bond donors (Lipinski definition) is 3. The Morgan fingerprint density at radius 1 is 0.474 bits per heavy atom. The van der Waals surface area contributed by atoms with Gasteiger partial charge in [0.1, 0.15) is 12.7 Å². The van der Waals surface area contributed by atoms with Gasteiger partial charge in [0.25, 0.3) is 0 Å². The van der Waals surface area contributed by atoms with Gasteiger partial charge in [0, 0.05) is 19.4 Å². The van der Waals surface area contributed by atoms with Gasteiger partial charge in [0.2, 0.25) is 5.91 Å². The molecule has 0 aliphatic carbocycles. The largest absolute Gasteiger partial charge is 0.472 e. The Kier molecular flexibility index (Phi) is 43.8. The fourth-order valence-corrected chi connectivity index (χ4v) is 8.08. The quantitative estimate of drug-likeness (QED) is 0.0314. The molecule has 0 radical (unpaired) electrons. The summed E-state index contributed by atoms with van der Waals surface area (Å²) in [5.74, 6) is -0.499. The predicted molar refractivity (Wildman–Crippen MR) is 238 cm³/mol. The SMILES string of the molecule is CCCCCCCCCCCCCCCCCCCCCC(=O)OCC(O)COP(=O)(O)OCCNC(=O)CCCCCCCCCCCCCCCCCCC. The van der Waals surface area contributed by atoms with E-state index in [9.17, 15) is 24.2 Å². The van der Waals surface area contributed by atoms with Crippen LogP contribution in [0, 0.1) is 0 Å². The van der Waals surface area contributed by atoms with Crippen LogP contribution in [-0.4, -0.2) is 54.3 Å². The number of nitrogens with one attached hydrogen (secondary N) is 1. The van der Waals surface area contributed by atoms with Crippen LogP contribution in [-0.2, 0) is 27.9 Å². The molecule has 10 heteroatoms. The maximum absolute atomic E-state index is 12.1. The number of amides is 1.